The van der Waals surface area contributed by atoms with Gasteiger partial charge in [-0.2, -0.15) is 0 Å². The quantitative estimate of drug-likeness (QED) is 0.130. The summed E-state index contributed by atoms with van der Waals surface area (Å²) in [5.74, 6) is 0.271. The summed E-state index contributed by atoms with van der Waals surface area (Å²) in [5, 5.41) is 7.04. The van der Waals surface area contributed by atoms with Crippen molar-refractivity contribution in [2.75, 3.05) is 9.80 Å². The fourth-order valence-electron chi connectivity index (χ4n) is 7.77. The van der Waals surface area contributed by atoms with Crippen LogP contribution in [0.1, 0.15) is 113 Å². The van der Waals surface area contributed by atoms with E-state index in [4.69, 9.17) is 0 Å². The fraction of sp³-hybridized carbons (Fsp3) is 0.295. The Balaban J connectivity index is 1.60. The molecule has 4 heteroatoms. The molecule has 0 aromatic heterocycles. The van der Waals surface area contributed by atoms with Gasteiger partial charge in [0.2, 0.25) is 18.0 Å². The number of rotatable bonds is 7. The number of anilines is 2. The molecule has 0 atom stereocenters. The molecule has 243 valence electrons. The van der Waals surface area contributed by atoms with Crippen molar-refractivity contribution in [3.63, 3.8) is 0 Å². The van der Waals surface area contributed by atoms with Gasteiger partial charge in [0, 0.05) is 5.56 Å². The van der Waals surface area contributed by atoms with Gasteiger partial charge in [0.1, 0.15) is 6.42 Å². The number of carbonyl (C=O) groups is 2. The van der Waals surface area contributed by atoms with Crippen molar-refractivity contribution in [2.24, 2.45) is 0 Å². The number of amides is 2. The van der Waals surface area contributed by atoms with E-state index < -0.39 is 0 Å². The zero-order valence-electron chi connectivity index (χ0n) is 29.4. The summed E-state index contributed by atoms with van der Waals surface area (Å²) in [6, 6.07) is 32.3. The molecule has 0 bridgehead atoms. The second kappa shape index (κ2) is 12.1. The Bertz CT molecular complexity index is 1990. The molecule has 1 aliphatic rings. The van der Waals surface area contributed by atoms with Crippen LogP contribution in [0.25, 0.3) is 32.3 Å². The molecular weight excluding hydrogens is 588 g/mol. The molecule has 6 aromatic carbocycles. The average Bonchev–Trinajstić information content (AvgIpc) is 3.06. The predicted octanol–water partition coefficient (Wildman–Crippen LogP) is 11.4. The van der Waals surface area contributed by atoms with Crippen LogP contribution in [-0.4, -0.2) is 11.8 Å². The lowest BCUT2D eigenvalue weighted by atomic mass is 9.87. The molecule has 6 aromatic rings. The molecule has 1 aliphatic heterocycles. The minimum absolute atomic E-state index is 0.165. The molecule has 7 rings (SSSR count). The molecule has 1 saturated heterocycles. The molecule has 0 unspecified atom stereocenters. The minimum atomic E-state index is -0.203. The number of hydrogen-bond donors (Lipinski definition) is 0. The smallest absolute Gasteiger partial charge is 0.238 e. The zero-order chi connectivity index (χ0) is 34.0. The van der Waals surface area contributed by atoms with Crippen LogP contribution in [0.3, 0.4) is 0 Å². The Morgan fingerprint density at radius 2 is 0.792 bits per heavy atom. The molecule has 0 saturated carbocycles. The highest BCUT2D eigenvalue weighted by atomic mass is 16.2. The zero-order valence-corrected chi connectivity index (χ0v) is 29.4. The molecular formula is C44H45N2O2. The van der Waals surface area contributed by atoms with Gasteiger partial charge in [-0.05, 0) is 90.4 Å². The summed E-state index contributed by atoms with van der Waals surface area (Å²) in [6.07, 6.45) is 0.415. The molecule has 0 N–H and O–H groups in total. The van der Waals surface area contributed by atoms with Gasteiger partial charge in [0.25, 0.3) is 0 Å². The standard InChI is InChI=1S/C44H45N2O2/c1-25(2)34-14-10-15-35(26(3)4)42(34)45-38(47)24-39(48)46(43-36(27(5)6)16-11-17-37(43)28(7)8)44(45)33-22-31-20-18-29-12-9-13-30-19-21-32(23-33)41(31)40(29)30/h9-23,25-28H,24H2,1-8H3. The van der Waals surface area contributed by atoms with Crippen molar-refractivity contribution in [1.82, 2.24) is 0 Å². The average molecular weight is 634 g/mol. The SMILES string of the molecule is CC(C)c1cccc(C(C)C)c1N1[C](c2cc3ccc4cccc5ccc(c2)c3c45)N(c2c(C(C)C)cccc2C(C)C)C(=O)CC1=O. The van der Waals surface area contributed by atoms with Crippen LogP contribution < -0.4 is 9.80 Å². The summed E-state index contributed by atoms with van der Waals surface area (Å²) < 4.78 is 0. The molecule has 1 fully saturated rings. The predicted molar refractivity (Wildman–Crippen MR) is 201 cm³/mol. The third-order valence-corrected chi connectivity index (χ3v) is 10.1. The summed E-state index contributed by atoms with van der Waals surface area (Å²) >= 11 is 0. The lowest BCUT2D eigenvalue weighted by molar-refractivity contribution is -0.128. The lowest BCUT2D eigenvalue weighted by Gasteiger charge is -2.45. The lowest BCUT2D eigenvalue weighted by Crippen LogP contribution is -2.55. The highest BCUT2D eigenvalue weighted by Gasteiger charge is 2.46. The molecule has 48 heavy (non-hydrogen) atoms. The van der Waals surface area contributed by atoms with Gasteiger partial charge in [-0.1, -0.05) is 134 Å². The maximum absolute atomic E-state index is 14.6. The van der Waals surface area contributed by atoms with Crippen molar-refractivity contribution in [2.45, 2.75) is 85.5 Å². The van der Waals surface area contributed by atoms with Gasteiger partial charge < -0.3 is 0 Å². The summed E-state index contributed by atoms with van der Waals surface area (Å²) in [7, 11) is 0. The van der Waals surface area contributed by atoms with Gasteiger partial charge in [0.15, 0.2) is 0 Å². The summed E-state index contributed by atoms with van der Waals surface area (Å²) in [4.78, 5) is 33.0. The van der Waals surface area contributed by atoms with Crippen molar-refractivity contribution in [1.29, 1.82) is 0 Å². The van der Waals surface area contributed by atoms with E-state index in [1.807, 2.05) is 9.80 Å². The van der Waals surface area contributed by atoms with Gasteiger partial charge in [-0.25, -0.2) is 0 Å². The van der Waals surface area contributed by atoms with E-state index in [0.29, 0.717) is 6.17 Å². The normalized spacial score (nSPS) is 14.8. The van der Waals surface area contributed by atoms with E-state index in [1.54, 1.807) is 0 Å². The van der Waals surface area contributed by atoms with Gasteiger partial charge in [-0.15, -0.1) is 0 Å². The Morgan fingerprint density at radius 1 is 0.458 bits per heavy atom. The monoisotopic (exact) mass is 633 g/mol. The second-order valence-electron chi connectivity index (χ2n) is 14.7. The number of hydrogen-bond acceptors (Lipinski definition) is 2. The first kappa shape index (κ1) is 31.9. The number of carbonyl (C=O) groups excluding carboxylic acids is 2. The van der Waals surface area contributed by atoms with Crippen molar-refractivity contribution >= 4 is 55.5 Å². The maximum Gasteiger partial charge on any atom is 0.238 e. The van der Waals surface area contributed by atoms with Crippen molar-refractivity contribution < 1.29 is 9.59 Å². The summed E-state index contributed by atoms with van der Waals surface area (Å²) in [5.41, 5.74) is 7.04. The second-order valence-corrected chi connectivity index (χ2v) is 14.7. The fourth-order valence-corrected chi connectivity index (χ4v) is 7.77. The molecule has 1 radical (unpaired) electrons. The topological polar surface area (TPSA) is 40.6 Å². The number of nitrogens with zero attached hydrogens (tertiary/aromatic N) is 2. The molecule has 1 heterocycles. The Hall–Kier alpha value is -4.70. The third-order valence-electron chi connectivity index (χ3n) is 10.1. The van der Waals surface area contributed by atoms with Crippen LogP contribution >= 0.6 is 0 Å². The summed E-state index contributed by atoms with van der Waals surface area (Å²) in [6.45, 7) is 17.4. The Morgan fingerprint density at radius 3 is 1.17 bits per heavy atom. The van der Waals surface area contributed by atoms with Crippen molar-refractivity contribution in [3.05, 3.63) is 125 Å². The van der Waals surface area contributed by atoms with Gasteiger partial charge in [-0.3, -0.25) is 19.4 Å². The van der Waals surface area contributed by atoms with Crippen LogP contribution in [0.4, 0.5) is 11.4 Å². The van der Waals surface area contributed by atoms with Gasteiger partial charge >= 0.3 is 0 Å². The number of para-hydroxylation sites is 2. The first-order valence-corrected chi connectivity index (χ1v) is 17.4. The molecule has 0 spiro atoms. The largest absolute Gasteiger partial charge is 0.279 e. The van der Waals surface area contributed by atoms with E-state index in [0.717, 1.165) is 50.0 Å². The van der Waals surface area contributed by atoms with E-state index in [1.165, 1.54) is 21.5 Å². The molecule has 0 aliphatic carbocycles. The first-order chi connectivity index (χ1) is 23.0. The van der Waals surface area contributed by atoms with Crippen LogP contribution in [0, 0.1) is 6.17 Å². The van der Waals surface area contributed by atoms with E-state index in [9.17, 15) is 9.59 Å². The van der Waals surface area contributed by atoms with Crippen LogP contribution in [0.2, 0.25) is 0 Å². The van der Waals surface area contributed by atoms with E-state index in [-0.39, 0.29) is 41.9 Å². The minimum Gasteiger partial charge on any atom is -0.279 e. The highest BCUT2D eigenvalue weighted by molar-refractivity contribution is 6.24. The third kappa shape index (κ3) is 5.05. The van der Waals surface area contributed by atoms with Crippen molar-refractivity contribution in [3.8, 4) is 0 Å². The van der Waals surface area contributed by atoms with E-state index >= 15 is 0 Å². The Labute approximate surface area is 284 Å². The Kier molecular flexibility index (Phi) is 8.02. The molecule has 4 nitrogen and oxygen atoms in total. The van der Waals surface area contributed by atoms with Gasteiger partial charge in [0.05, 0.1) is 11.4 Å². The number of benzene rings is 6. The van der Waals surface area contributed by atoms with Crippen LogP contribution in [0.5, 0.6) is 0 Å². The first-order valence-electron chi connectivity index (χ1n) is 17.4. The van der Waals surface area contributed by atoms with Crippen LogP contribution in [0.15, 0.2) is 91.0 Å². The maximum atomic E-state index is 14.6. The van der Waals surface area contributed by atoms with Crippen LogP contribution in [-0.2, 0) is 9.59 Å². The highest BCUT2D eigenvalue weighted by Crippen LogP contribution is 2.48. The van der Waals surface area contributed by atoms with E-state index in [2.05, 4.69) is 146 Å². The molecule has 2 amide bonds.